The lowest BCUT2D eigenvalue weighted by molar-refractivity contribution is 1.17. The van der Waals surface area contributed by atoms with Crippen LogP contribution in [0.15, 0.2) is 194 Å². The molecule has 0 saturated carbocycles. The van der Waals surface area contributed by atoms with E-state index in [2.05, 4.69) is 197 Å². The van der Waals surface area contributed by atoms with Crippen molar-refractivity contribution in [2.24, 2.45) is 0 Å². The van der Waals surface area contributed by atoms with E-state index in [9.17, 15) is 0 Å². The Morgan fingerprint density at radius 3 is 1.39 bits per heavy atom. The van der Waals surface area contributed by atoms with Crippen molar-refractivity contribution in [3.8, 4) is 45.1 Å². The zero-order chi connectivity index (χ0) is 35.6. The molecule has 4 nitrogen and oxygen atoms in total. The van der Waals surface area contributed by atoms with Crippen LogP contribution in [0.3, 0.4) is 0 Å². The van der Waals surface area contributed by atoms with Gasteiger partial charge < -0.3 is 9.13 Å². The summed E-state index contributed by atoms with van der Waals surface area (Å²) in [5, 5.41) is 5.99. The molecule has 0 spiro atoms. The van der Waals surface area contributed by atoms with Gasteiger partial charge in [-0.3, -0.25) is 0 Å². The molecule has 0 aliphatic carbocycles. The van der Waals surface area contributed by atoms with Crippen LogP contribution in [0.5, 0.6) is 0 Å². The summed E-state index contributed by atoms with van der Waals surface area (Å²) in [6.07, 6.45) is 0. The van der Waals surface area contributed by atoms with Crippen LogP contribution in [0, 0.1) is 0 Å². The van der Waals surface area contributed by atoms with E-state index < -0.39 is 0 Å². The highest BCUT2D eigenvalue weighted by Crippen LogP contribution is 2.38. The van der Waals surface area contributed by atoms with Crippen LogP contribution >= 0.6 is 0 Å². The minimum atomic E-state index is 0.706. The van der Waals surface area contributed by atoms with Crippen molar-refractivity contribution in [1.29, 1.82) is 0 Å². The van der Waals surface area contributed by atoms with Gasteiger partial charge in [-0.2, -0.15) is 0 Å². The first kappa shape index (κ1) is 30.3. The van der Waals surface area contributed by atoms with Gasteiger partial charge in [-0.25, -0.2) is 9.97 Å². The van der Waals surface area contributed by atoms with E-state index in [1.165, 1.54) is 43.6 Å². The Kier molecular flexibility index (Phi) is 6.82. The van der Waals surface area contributed by atoms with Crippen LogP contribution in [0.4, 0.5) is 0 Å². The minimum Gasteiger partial charge on any atom is -0.309 e. The maximum absolute atomic E-state index is 5.27. The third kappa shape index (κ3) is 4.78. The summed E-state index contributed by atoms with van der Waals surface area (Å²) in [5.74, 6) is 0.706. The summed E-state index contributed by atoms with van der Waals surface area (Å²) in [5.41, 5.74) is 13.2. The van der Waals surface area contributed by atoms with E-state index in [0.29, 0.717) is 5.82 Å². The molecule has 11 aromatic rings. The molecule has 252 valence electrons. The van der Waals surface area contributed by atoms with Crippen LogP contribution in [-0.4, -0.2) is 19.1 Å². The van der Waals surface area contributed by atoms with Gasteiger partial charge in [0.15, 0.2) is 5.82 Å². The summed E-state index contributed by atoms with van der Waals surface area (Å²) >= 11 is 0. The molecule has 0 aliphatic heterocycles. The number of hydrogen-bond acceptors (Lipinski definition) is 2. The smallest absolute Gasteiger partial charge is 0.160 e. The average Bonchev–Trinajstić information content (AvgIpc) is 3.76. The molecule has 54 heavy (non-hydrogen) atoms. The lowest BCUT2D eigenvalue weighted by Crippen LogP contribution is -1.97. The molecule has 0 unspecified atom stereocenters. The summed E-state index contributed by atoms with van der Waals surface area (Å²) < 4.78 is 4.69. The van der Waals surface area contributed by atoms with E-state index in [0.717, 1.165) is 50.2 Å². The van der Waals surface area contributed by atoms with Gasteiger partial charge in [0.05, 0.1) is 33.3 Å². The fourth-order valence-electron chi connectivity index (χ4n) is 8.22. The second-order valence-corrected chi connectivity index (χ2v) is 13.8. The largest absolute Gasteiger partial charge is 0.309 e. The van der Waals surface area contributed by atoms with Gasteiger partial charge >= 0.3 is 0 Å². The van der Waals surface area contributed by atoms with Crippen LogP contribution in [0.1, 0.15) is 0 Å². The monoisotopic (exact) mass is 688 g/mol. The quantitative estimate of drug-likeness (QED) is 0.180. The van der Waals surface area contributed by atoms with Crippen molar-refractivity contribution in [3.63, 3.8) is 0 Å². The molecule has 3 aromatic heterocycles. The predicted octanol–water partition coefficient (Wildman–Crippen LogP) is 12.8. The Bertz CT molecular complexity index is 3140. The highest BCUT2D eigenvalue weighted by atomic mass is 15.0. The average molecular weight is 689 g/mol. The Morgan fingerprint density at radius 2 is 0.759 bits per heavy atom. The maximum atomic E-state index is 5.27. The van der Waals surface area contributed by atoms with Crippen molar-refractivity contribution in [2.45, 2.75) is 0 Å². The molecule has 8 aromatic carbocycles. The highest BCUT2D eigenvalue weighted by molar-refractivity contribution is 6.11. The van der Waals surface area contributed by atoms with Crippen molar-refractivity contribution in [2.75, 3.05) is 0 Å². The van der Waals surface area contributed by atoms with Gasteiger partial charge in [-0.05, 0) is 90.0 Å². The molecular weight excluding hydrogens is 657 g/mol. The van der Waals surface area contributed by atoms with Crippen molar-refractivity contribution < 1.29 is 0 Å². The summed E-state index contributed by atoms with van der Waals surface area (Å²) in [4.78, 5) is 10.4. The standard InChI is InChI=1S/C50H32N4/c1-3-13-33(14-4-1)49-43-32-35(36-26-30-48-42(31-36)41-19-9-12-22-47(41)53(48)37-15-5-2-6-16-37)25-29-44(43)51-50(52-49)34-23-27-38(28-24-34)54-45-20-10-7-17-39(45)40-18-8-11-21-46(40)54/h1-32H. The number of aromatic nitrogens is 4. The number of para-hydroxylation sites is 4. The molecule has 0 atom stereocenters. The molecule has 0 amide bonds. The third-order valence-electron chi connectivity index (χ3n) is 10.7. The van der Waals surface area contributed by atoms with Crippen molar-refractivity contribution in [1.82, 2.24) is 19.1 Å². The molecule has 0 radical (unpaired) electrons. The Balaban J connectivity index is 1.04. The Labute approximate surface area is 311 Å². The van der Waals surface area contributed by atoms with E-state index in [1.54, 1.807) is 0 Å². The van der Waals surface area contributed by atoms with Gasteiger partial charge in [0.1, 0.15) is 0 Å². The number of rotatable bonds is 5. The summed E-state index contributed by atoms with van der Waals surface area (Å²) in [6, 6.07) is 69.0. The first-order valence-corrected chi connectivity index (χ1v) is 18.3. The van der Waals surface area contributed by atoms with Gasteiger partial charge in [-0.1, -0.05) is 115 Å². The van der Waals surface area contributed by atoms with Crippen molar-refractivity contribution in [3.05, 3.63) is 194 Å². The van der Waals surface area contributed by atoms with Crippen LogP contribution in [0.2, 0.25) is 0 Å². The first-order chi connectivity index (χ1) is 26.8. The second kappa shape index (κ2) is 12.1. The lowest BCUT2D eigenvalue weighted by atomic mass is 9.98. The fraction of sp³-hybridized carbons (Fsp3) is 0. The Morgan fingerprint density at radius 1 is 0.296 bits per heavy atom. The number of benzene rings is 8. The fourth-order valence-corrected chi connectivity index (χ4v) is 8.22. The zero-order valence-corrected chi connectivity index (χ0v) is 29.3. The maximum Gasteiger partial charge on any atom is 0.160 e. The molecule has 0 bridgehead atoms. The number of fused-ring (bicyclic) bond motifs is 7. The molecule has 0 saturated heterocycles. The second-order valence-electron chi connectivity index (χ2n) is 13.8. The van der Waals surface area contributed by atoms with E-state index in [-0.39, 0.29) is 0 Å². The van der Waals surface area contributed by atoms with E-state index in [4.69, 9.17) is 9.97 Å². The predicted molar refractivity (Wildman–Crippen MR) is 225 cm³/mol. The lowest BCUT2D eigenvalue weighted by Gasteiger charge is -2.13. The molecule has 11 rings (SSSR count). The number of nitrogens with zero attached hydrogens (tertiary/aromatic N) is 4. The molecule has 0 aliphatic rings. The van der Waals surface area contributed by atoms with Gasteiger partial charge in [-0.15, -0.1) is 0 Å². The first-order valence-electron chi connectivity index (χ1n) is 18.3. The topological polar surface area (TPSA) is 35.6 Å². The van der Waals surface area contributed by atoms with Gasteiger partial charge in [0, 0.05) is 49.4 Å². The normalized spacial score (nSPS) is 11.7. The summed E-state index contributed by atoms with van der Waals surface area (Å²) in [7, 11) is 0. The van der Waals surface area contributed by atoms with Crippen LogP contribution < -0.4 is 0 Å². The Hall–Kier alpha value is -7.30. The molecular formula is C50H32N4. The van der Waals surface area contributed by atoms with E-state index in [1.807, 2.05) is 6.07 Å². The van der Waals surface area contributed by atoms with Gasteiger partial charge in [0.2, 0.25) is 0 Å². The molecule has 3 heterocycles. The summed E-state index contributed by atoms with van der Waals surface area (Å²) in [6.45, 7) is 0. The molecule has 4 heteroatoms. The third-order valence-corrected chi connectivity index (χ3v) is 10.7. The van der Waals surface area contributed by atoms with E-state index >= 15 is 0 Å². The minimum absolute atomic E-state index is 0.706. The zero-order valence-electron chi connectivity index (χ0n) is 29.3. The van der Waals surface area contributed by atoms with Crippen molar-refractivity contribution >= 4 is 54.5 Å². The van der Waals surface area contributed by atoms with Gasteiger partial charge in [0.25, 0.3) is 0 Å². The molecule has 0 fully saturated rings. The SMILES string of the molecule is c1ccc(-c2nc(-c3ccc(-n4c5ccccc5c5ccccc54)cc3)nc3ccc(-c4ccc5c(c4)c4ccccc4n5-c4ccccc4)cc23)cc1. The highest BCUT2D eigenvalue weighted by Gasteiger charge is 2.17. The molecule has 0 N–H and O–H groups in total. The van der Waals surface area contributed by atoms with Crippen LogP contribution in [0.25, 0.3) is 99.7 Å². The number of hydrogen-bond donors (Lipinski definition) is 0. The van der Waals surface area contributed by atoms with Crippen LogP contribution in [-0.2, 0) is 0 Å².